The molecule has 1 rings (SSSR count). The number of aryl methyl sites for hydroxylation is 2. The highest BCUT2D eigenvalue weighted by Gasteiger charge is 2.06. The van der Waals surface area contributed by atoms with Gasteiger partial charge in [-0.25, -0.2) is 9.97 Å². The van der Waals surface area contributed by atoms with Gasteiger partial charge in [0.2, 0.25) is 0 Å². The van der Waals surface area contributed by atoms with Crippen molar-refractivity contribution in [2.24, 2.45) is 0 Å². The van der Waals surface area contributed by atoms with E-state index in [9.17, 15) is 4.79 Å². The van der Waals surface area contributed by atoms with Gasteiger partial charge in [-0.2, -0.15) is 0 Å². The number of aldehydes is 1. The van der Waals surface area contributed by atoms with Crippen LogP contribution >= 0.6 is 0 Å². The van der Waals surface area contributed by atoms with Gasteiger partial charge >= 0.3 is 0 Å². The summed E-state index contributed by atoms with van der Waals surface area (Å²) in [5, 5.41) is 0. The zero-order valence-electron chi connectivity index (χ0n) is 7.53. The Morgan fingerprint density at radius 2 is 2.08 bits per heavy atom. The second-order valence-corrected chi connectivity index (χ2v) is 2.91. The van der Waals surface area contributed by atoms with Crippen LogP contribution in [0.25, 0.3) is 0 Å². The lowest BCUT2D eigenvalue weighted by atomic mass is 10.1. The molecule has 0 aliphatic carbocycles. The van der Waals surface area contributed by atoms with Crippen LogP contribution in [0.4, 0.5) is 0 Å². The molecule has 0 aliphatic heterocycles. The van der Waals surface area contributed by atoms with Crippen LogP contribution in [0.2, 0.25) is 0 Å². The Kier molecular flexibility index (Phi) is 2.53. The lowest BCUT2D eigenvalue weighted by Gasteiger charge is -2.04. The van der Waals surface area contributed by atoms with Crippen molar-refractivity contribution in [3.63, 3.8) is 0 Å². The molecule has 1 unspecified atom stereocenters. The van der Waals surface area contributed by atoms with E-state index in [0.717, 1.165) is 23.5 Å². The fourth-order valence-corrected chi connectivity index (χ4v) is 1.05. The van der Waals surface area contributed by atoms with E-state index < -0.39 is 0 Å². The zero-order valence-corrected chi connectivity index (χ0v) is 7.53. The lowest BCUT2D eigenvalue weighted by molar-refractivity contribution is -0.108. The van der Waals surface area contributed by atoms with E-state index in [1.165, 1.54) is 0 Å². The highest BCUT2D eigenvalue weighted by atomic mass is 16.1. The van der Waals surface area contributed by atoms with Crippen LogP contribution in [0.5, 0.6) is 0 Å². The highest BCUT2D eigenvalue weighted by Crippen LogP contribution is 2.10. The van der Waals surface area contributed by atoms with Gasteiger partial charge in [-0.05, 0) is 19.9 Å². The largest absolute Gasteiger partial charge is 0.303 e. The average molecular weight is 164 g/mol. The molecule has 1 aromatic rings. The van der Waals surface area contributed by atoms with Crippen molar-refractivity contribution in [3.05, 3.63) is 23.3 Å². The van der Waals surface area contributed by atoms with Crippen molar-refractivity contribution in [1.29, 1.82) is 0 Å². The van der Waals surface area contributed by atoms with E-state index in [1.54, 1.807) is 0 Å². The molecule has 64 valence electrons. The van der Waals surface area contributed by atoms with Gasteiger partial charge in [0.15, 0.2) is 0 Å². The van der Waals surface area contributed by atoms with Crippen molar-refractivity contribution in [2.75, 3.05) is 0 Å². The van der Waals surface area contributed by atoms with Crippen molar-refractivity contribution in [3.8, 4) is 0 Å². The van der Waals surface area contributed by atoms with Gasteiger partial charge < -0.3 is 4.79 Å². The summed E-state index contributed by atoms with van der Waals surface area (Å²) in [6.45, 7) is 5.55. The van der Waals surface area contributed by atoms with Crippen LogP contribution in [-0.2, 0) is 4.79 Å². The molecule has 3 heteroatoms. The van der Waals surface area contributed by atoms with Gasteiger partial charge in [0.05, 0.1) is 11.6 Å². The fourth-order valence-electron chi connectivity index (χ4n) is 1.05. The molecule has 0 saturated heterocycles. The summed E-state index contributed by atoms with van der Waals surface area (Å²) < 4.78 is 0. The van der Waals surface area contributed by atoms with Crippen LogP contribution in [0, 0.1) is 13.8 Å². The van der Waals surface area contributed by atoms with Gasteiger partial charge in [-0.1, -0.05) is 6.92 Å². The molecule has 1 aromatic heterocycles. The van der Waals surface area contributed by atoms with E-state index in [4.69, 9.17) is 0 Å². The van der Waals surface area contributed by atoms with Gasteiger partial charge in [0.25, 0.3) is 0 Å². The molecular formula is C9H12N2O. The first-order valence-corrected chi connectivity index (χ1v) is 3.91. The molecule has 0 amide bonds. The molecule has 0 aromatic carbocycles. The maximum Gasteiger partial charge on any atom is 0.128 e. The summed E-state index contributed by atoms with van der Waals surface area (Å²) in [5.41, 5.74) is 1.71. The number of carbonyl (C=O) groups is 1. The van der Waals surface area contributed by atoms with Gasteiger partial charge in [-0.15, -0.1) is 0 Å². The molecule has 0 spiro atoms. The fraction of sp³-hybridized carbons (Fsp3) is 0.444. The van der Waals surface area contributed by atoms with Crippen LogP contribution in [0.15, 0.2) is 6.07 Å². The third-order valence-electron chi connectivity index (χ3n) is 1.66. The minimum absolute atomic E-state index is 0.134. The van der Waals surface area contributed by atoms with E-state index in [2.05, 4.69) is 9.97 Å². The number of hydrogen-bond acceptors (Lipinski definition) is 3. The SMILES string of the molecule is Cc1cc(C(C)C=O)nc(C)n1. The molecule has 0 N–H and O–H groups in total. The van der Waals surface area contributed by atoms with Crippen molar-refractivity contribution in [2.45, 2.75) is 26.7 Å². The average Bonchev–Trinajstić information content (AvgIpc) is 2.01. The van der Waals surface area contributed by atoms with Crippen molar-refractivity contribution in [1.82, 2.24) is 9.97 Å². The third kappa shape index (κ3) is 1.87. The monoisotopic (exact) mass is 164 g/mol. The summed E-state index contributed by atoms with van der Waals surface area (Å²) in [7, 11) is 0. The quantitative estimate of drug-likeness (QED) is 0.620. The van der Waals surface area contributed by atoms with Gasteiger partial charge in [0, 0.05) is 5.69 Å². The van der Waals surface area contributed by atoms with E-state index in [0.29, 0.717) is 0 Å². The predicted molar refractivity (Wildman–Crippen MR) is 46.0 cm³/mol. The molecule has 0 aliphatic rings. The number of rotatable bonds is 2. The predicted octanol–water partition coefficient (Wildman–Crippen LogP) is 1.40. The maximum absolute atomic E-state index is 10.5. The van der Waals surface area contributed by atoms with E-state index >= 15 is 0 Å². The molecule has 3 nitrogen and oxygen atoms in total. The van der Waals surface area contributed by atoms with Gasteiger partial charge in [-0.3, -0.25) is 0 Å². The number of nitrogens with zero attached hydrogens (tertiary/aromatic N) is 2. The van der Waals surface area contributed by atoms with E-state index in [-0.39, 0.29) is 5.92 Å². The lowest BCUT2D eigenvalue weighted by Crippen LogP contribution is -2.02. The molecule has 1 heterocycles. The molecule has 12 heavy (non-hydrogen) atoms. The Morgan fingerprint density at radius 3 is 2.58 bits per heavy atom. The first-order chi connectivity index (χ1) is 5.63. The highest BCUT2D eigenvalue weighted by molar-refractivity contribution is 5.60. The third-order valence-corrected chi connectivity index (χ3v) is 1.66. The number of aromatic nitrogens is 2. The second-order valence-electron chi connectivity index (χ2n) is 2.91. The molecular weight excluding hydrogens is 152 g/mol. The summed E-state index contributed by atoms with van der Waals surface area (Å²) in [4.78, 5) is 18.8. The van der Waals surface area contributed by atoms with Crippen LogP contribution in [0.1, 0.15) is 30.1 Å². The minimum Gasteiger partial charge on any atom is -0.303 e. The molecule has 0 fully saturated rings. The Bertz CT molecular complexity index is 276. The van der Waals surface area contributed by atoms with Crippen molar-refractivity contribution >= 4 is 6.29 Å². The molecule has 1 atom stereocenters. The first-order valence-electron chi connectivity index (χ1n) is 3.91. The van der Waals surface area contributed by atoms with Gasteiger partial charge in [0.1, 0.15) is 12.1 Å². The summed E-state index contributed by atoms with van der Waals surface area (Å²) in [6, 6.07) is 1.84. The summed E-state index contributed by atoms with van der Waals surface area (Å²) in [5.74, 6) is 0.587. The number of hydrogen-bond donors (Lipinski definition) is 0. The topological polar surface area (TPSA) is 42.9 Å². The first kappa shape index (κ1) is 8.84. The maximum atomic E-state index is 10.5. The van der Waals surface area contributed by atoms with Crippen LogP contribution < -0.4 is 0 Å². The Hall–Kier alpha value is -1.25. The molecule has 0 radical (unpaired) electrons. The second kappa shape index (κ2) is 3.43. The van der Waals surface area contributed by atoms with Crippen molar-refractivity contribution < 1.29 is 4.79 Å². The minimum atomic E-state index is -0.134. The Morgan fingerprint density at radius 1 is 1.42 bits per heavy atom. The Balaban J connectivity index is 3.08. The van der Waals surface area contributed by atoms with Crippen LogP contribution in [0.3, 0.4) is 0 Å². The standard InChI is InChI=1S/C9H12N2O/c1-6(5-12)9-4-7(2)10-8(3)11-9/h4-6H,1-3H3. The normalized spacial score (nSPS) is 12.6. The summed E-state index contributed by atoms with van der Waals surface area (Å²) >= 11 is 0. The van der Waals surface area contributed by atoms with E-state index in [1.807, 2.05) is 26.8 Å². The summed E-state index contributed by atoms with van der Waals surface area (Å²) in [6.07, 6.45) is 0.890. The molecule has 0 saturated carbocycles. The smallest absolute Gasteiger partial charge is 0.128 e. The van der Waals surface area contributed by atoms with Crippen LogP contribution in [-0.4, -0.2) is 16.3 Å². The number of carbonyl (C=O) groups excluding carboxylic acids is 1. The Labute approximate surface area is 71.9 Å². The zero-order chi connectivity index (χ0) is 9.14. The molecule has 0 bridgehead atoms.